The zero-order chi connectivity index (χ0) is 16.2. The minimum atomic E-state index is -0.202. The molecule has 0 radical (unpaired) electrons. The van der Waals surface area contributed by atoms with Gasteiger partial charge in [-0.3, -0.25) is 4.79 Å². The fraction of sp³-hybridized carbons (Fsp3) is 0.421. The maximum absolute atomic E-state index is 12.7. The number of amides is 1. The number of carbonyl (C=O) groups excluding carboxylic acids is 1. The zero-order valence-electron chi connectivity index (χ0n) is 13.8. The summed E-state index contributed by atoms with van der Waals surface area (Å²) in [6.07, 6.45) is 3.24. The van der Waals surface area contributed by atoms with Crippen LogP contribution in [0.2, 0.25) is 0 Å². The van der Waals surface area contributed by atoms with E-state index in [0.717, 1.165) is 38.0 Å². The summed E-state index contributed by atoms with van der Waals surface area (Å²) in [7, 11) is 0. The lowest BCUT2D eigenvalue weighted by Gasteiger charge is -2.30. The van der Waals surface area contributed by atoms with Crippen molar-refractivity contribution in [3.8, 4) is 0 Å². The van der Waals surface area contributed by atoms with Gasteiger partial charge in [0, 0.05) is 23.7 Å². The van der Waals surface area contributed by atoms with Gasteiger partial charge in [-0.1, -0.05) is 25.5 Å². The molecule has 3 nitrogen and oxygen atoms in total. The second kappa shape index (κ2) is 7.18. The highest BCUT2D eigenvalue weighted by Crippen LogP contribution is 2.24. The molecule has 1 aliphatic rings. The molecule has 0 aliphatic carbocycles. The first kappa shape index (κ1) is 16.1. The Balaban J connectivity index is 1.59. The number of nitrogens with one attached hydrogen (secondary N) is 1. The van der Waals surface area contributed by atoms with Crippen LogP contribution in [0.4, 0.5) is 5.69 Å². The maximum atomic E-state index is 12.7. The first-order valence-corrected chi connectivity index (χ1v) is 9.25. The maximum Gasteiger partial charge on any atom is 0.245 e. The SMILES string of the molecule is CCCc1ccc(NC(C)C(=O)N2CCc3sccc3C2)cc1. The molecule has 4 heteroatoms. The van der Waals surface area contributed by atoms with E-state index in [2.05, 4.69) is 48.0 Å². The smallest absolute Gasteiger partial charge is 0.245 e. The minimum Gasteiger partial charge on any atom is -0.374 e. The predicted octanol–water partition coefficient (Wildman–Crippen LogP) is 4.09. The van der Waals surface area contributed by atoms with Crippen LogP contribution in [0.3, 0.4) is 0 Å². The Kier molecular flexibility index (Phi) is 5.01. The van der Waals surface area contributed by atoms with Gasteiger partial charge in [0.15, 0.2) is 0 Å². The summed E-state index contributed by atoms with van der Waals surface area (Å²) in [5, 5.41) is 5.46. The Morgan fingerprint density at radius 3 is 2.83 bits per heavy atom. The molecular formula is C19H24N2OS. The van der Waals surface area contributed by atoms with E-state index in [0.29, 0.717) is 0 Å². The molecule has 1 aliphatic heterocycles. The second-order valence-electron chi connectivity index (χ2n) is 6.19. The summed E-state index contributed by atoms with van der Waals surface area (Å²) < 4.78 is 0. The third-order valence-electron chi connectivity index (χ3n) is 4.37. The number of hydrogen-bond acceptors (Lipinski definition) is 3. The Morgan fingerprint density at radius 1 is 1.30 bits per heavy atom. The number of carbonyl (C=O) groups is 1. The van der Waals surface area contributed by atoms with E-state index in [1.54, 1.807) is 11.3 Å². The van der Waals surface area contributed by atoms with Gasteiger partial charge in [0.1, 0.15) is 6.04 Å². The number of rotatable bonds is 5. The number of anilines is 1. The molecule has 1 amide bonds. The van der Waals surface area contributed by atoms with Gasteiger partial charge in [-0.15, -0.1) is 11.3 Å². The third-order valence-corrected chi connectivity index (χ3v) is 5.39. The number of hydrogen-bond donors (Lipinski definition) is 1. The van der Waals surface area contributed by atoms with Crippen LogP contribution in [0.1, 0.15) is 36.3 Å². The Morgan fingerprint density at radius 2 is 2.09 bits per heavy atom. The monoisotopic (exact) mass is 328 g/mol. The van der Waals surface area contributed by atoms with E-state index in [1.165, 1.54) is 16.0 Å². The van der Waals surface area contributed by atoms with Gasteiger partial charge in [-0.05, 0) is 54.5 Å². The number of nitrogens with zero attached hydrogens (tertiary/aromatic N) is 1. The standard InChI is InChI=1S/C19H24N2OS/c1-3-4-15-5-7-17(8-6-15)20-14(2)19(22)21-11-9-18-16(13-21)10-12-23-18/h5-8,10,12,14,20H,3-4,9,11,13H2,1-2H3. The van der Waals surface area contributed by atoms with Crippen molar-refractivity contribution in [3.63, 3.8) is 0 Å². The molecule has 1 atom stereocenters. The van der Waals surface area contributed by atoms with Gasteiger partial charge >= 0.3 is 0 Å². The third kappa shape index (κ3) is 3.75. The topological polar surface area (TPSA) is 32.3 Å². The normalized spacial score (nSPS) is 15.1. The van der Waals surface area contributed by atoms with E-state index >= 15 is 0 Å². The summed E-state index contributed by atoms with van der Waals surface area (Å²) in [6, 6.07) is 10.4. The van der Waals surface area contributed by atoms with Crippen molar-refractivity contribution < 1.29 is 4.79 Å². The van der Waals surface area contributed by atoms with Crippen LogP contribution >= 0.6 is 11.3 Å². The molecular weight excluding hydrogens is 304 g/mol. The molecule has 2 aromatic rings. The number of aryl methyl sites for hydroxylation is 1. The van der Waals surface area contributed by atoms with Gasteiger partial charge in [0.2, 0.25) is 5.91 Å². The summed E-state index contributed by atoms with van der Waals surface area (Å²) in [5.74, 6) is 0.180. The fourth-order valence-corrected chi connectivity index (χ4v) is 3.97. The van der Waals surface area contributed by atoms with Gasteiger partial charge in [-0.2, -0.15) is 0 Å². The van der Waals surface area contributed by atoms with Crippen LogP contribution in [0, 0.1) is 0 Å². The molecule has 122 valence electrons. The lowest BCUT2D eigenvalue weighted by atomic mass is 10.1. The van der Waals surface area contributed by atoms with E-state index in [4.69, 9.17) is 0 Å². The van der Waals surface area contributed by atoms with E-state index in [1.807, 2.05) is 11.8 Å². The van der Waals surface area contributed by atoms with Crippen LogP contribution in [0.15, 0.2) is 35.7 Å². The van der Waals surface area contributed by atoms with Gasteiger partial charge in [0.05, 0.1) is 0 Å². The molecule has 0 saturated heterocycles. The first-order chi connectivity index (χ1) is 11.2. The Labute approximate surface area is 142 Å². The average Bonchev–Trinajstić information content (AvgIpc) is 3.03. The molecule has 0 spiro atoms. The Bertz CT molecular complexity index is 662. The quantitative estimate of drug-likeness (QED) is 0.897. The van der Waals surface area contributed by atoms with Crippen LogP contribution in [-0.4, -0.2) is 23.4 Å². The minimum absolute atomic E-state index is 0.180. The van der Waals surface area contributed by atoms with Crippen molar-refractivity contribution >= 4 is 22.9 Å². The lowest BCUT2D eigenvalue weighted by molar-refractivity contribution is -0.132. The van der Waals surface area contributed by atoms with Crippen LogP contribution in [0.5, 0.6) is 0 Å². The molecule has 1 unspecified atom stereocenters. The molecule has 23 heavy (non-hydrogen) atoms. The number of benzene rings is 1. The summed E-state index contributed by atoms with van der Waals surface area (Å²) in [4.78, 5) is 16.1. The largest absolute Gasteiger partial charge is 0.374 e. The van der Waals surface area contributed by atoms with Crippen molar-refractivity contribution in [1.82, 2.24) is 4.90 Å². The highest BCUT2D eigenvalue weighted by Gasteiger charge is 2.25. The molecule has 2 heterocycles. The fourth-order valence-electron chi connectivity index (χ4n) is 3.08. The van der Waals surface area contributed by atoms with Crippen molar-refractivity contribution in [2.45, 2.75) is 45.7 Å². The van der Waals surface area contributed by atoms with Crippen molar-refractivity contribution in [2.24, 2.45) is 0 Å². The van der Waals surface area contributed by atoms with Gasteiger partial charge < -0.3 is 10.2 Å². The molecule has 0 fully saturated rings. The molecule has 0 saturated carbocycles. The molecule has 0 bridgehead atoms. The van der Waals surface area contributed by atoms with Crippen molar-refractivity contribution in [1.29, 1.82) is 0 Å². The first-order valence-electron chi connectivity index (χ1n) is 8.37. The van der Waals surface area contributed by atoms with Crippen molar-refractivity contribution in [2.75, 3.05) is 11.9 Å². The number of thiophene rings is 1. The summed E-state index contributed by atoms with van der Waals surface area (Å²) in [6.45, 7) is 5.71. The second-order valence-corrected chi connectivity index (χ2v) is 7.19. The molecule has 1 aromatic heterocycles. The summed E-state index contributed by atoms with van der Waals surface area (Å²) >= 11 is 1.80. The van der Waals surface area contributed by atoms with Gasteiger partial charge in [0.25, 0.3) is 0 Å². The molecule has 1 aromatic carbocycles. The van der Waals surface area contributed by atoms with E-state index in [-0.39, 0.29) is 11.9 Å². The Hall–Kier alpha value is -1.81. The van der Waals surface area contributed by atoms with E-state index < -0.39 is 0 Å². The zero-order valence-corrected chi connectivity index (χ0v) is 14.7. The average molecular weight is 328 g/mol. The summed E-state index contributed by atoms with van der Waals surface area (Å²) in [5.41, 5.74) is 3.67. The number of fused-ring (bicyclic) bond motifs is 1. The van der Waals surface area contributed by atoms with E-state index in [9.17, 15) is 4.79 Å². The highest BCUT2D eigenvalue weighted by atomic mass is 32.1. The van der Waals surface area contributed by atoms with Crippen LogP contribution in [-0.2, 0) is 24.2 Å². The van der Waals surface area contributed by atoms with Gasteiger partial charge in [-0.25, -0.2) is 0 Å². The van der Waals surface area contributed by atoms with Crippen LogP contribution < -0.4 is 5.32 Å². The highest BCUT2D eigenvalue weighted by molar-refractivity contribution is 7.10. The molecule has 1 N–H and O–H groups in total. The molecule has 3 rings (SSSR count). The lowest BCUT2D eigenvalue weighted by Crippen LogP contribution is -2.43. The van der Waals surface area contributed by atoms with Crippen LogP contribution in [0.25, 0.3) is 0 Å². The van der Waals surface area contributed by atoms with Crippen molar-refractivity contribution in [3.05, 3.63) is 51.7 Å². The predicted molar refractivity (Wildman–Crippen MR) is 97.0 cm³/mol.